The minimum atomic E-state index is -1.08. The molecule has 1 fully saturated rings. The lowest BCUT2D eigenvalue weighted by Gasteiger charge is -2.38. The zero-order valence-electron chi connectivity index (χ0n) is 11.5. The molecular weight excluding hydrogens is 248 g/mol. The fourth-order valence-electron chi connectivity index (χ4n) is 2.38. The number of rotatable bonds is 1. The van der Waals surface area contributed by atoms with E-state index in [1.165, 1.54) is 11.8 Å². The molecule has 0 radical (unpaired) electrons. The van der Waals surface area contributed by atoms with E-state index in [1.54, 1.807) is 13.0 Å². The Balaban J connectivity index is 2.29. The Labute approximate surface area is 113 Å². The van der Waals surface area contributed by atoms with E-state index in [1.807, 2.05) is 26.8 Å². The maximum atomic E-state index is 12.2. The van der Waals surface area contributed by atoms with E-state index in [4.69, 9.17) is 4.74 Å². The Morgan fingerprint density at radius 3 is 2.61 bits per heavy atom. The van der Waals surface area contributed by atoms with Gasteiger partial charge in [0.25, 0.3) is 0 Å². The number of carbonyl (C=O) groups excluding carboxylic acids is 1. The highest BCUT2D eigenvalue weighted by Gasteiger charge is 2.60. The number of ether oxygens (including phenoxy) is 1. The van der Waals surface area contributed by atoms with E-state index < -0.39 is 10.3 Å². The van der Waals surface area contributed by atoms with Gasteiger partial charge in [-0.1, -0.05) is 44.7 Å². The van der Waals surface area contributed by atoms with Crippen molar-refractivity contribution in [2.45, 2.75) is 62.7 Å². The normalized spacial score (nSPS) is 40.9. The summed E-state index contributed by atoms with van der Waals surface area (Å²) in [5.74, 6) is -0.290. The maximum absolute atomic E-state index is 12.2. The minimum Gasteiger partial charge on any atom is -0.450 e. The standard InChI is InChI=1S/C14H22O3S/c1-12(2,3)11-17-10(15)13(4,18-11)14(16)8-6-5-7-9-14/h6,8,11,16H,5,7,9H2,1-4H3. The molecule has 3 unspecified atom stereocenters. The Kier molecular flexibility index (Phi) is 3.31. The molecule has 0 bridgehead atoms. The second-order valence-electron chi connectivity index (χ2n) is 6.47. The fourth-order valence-corrected chi connectivity index (χ4v) is 3.81. The van der Waals surface area contributed by atoms with E-state index >= 15 is 0 Å². The van der Waals surface area contributed by atoms with Crippen LogP contribution in [0.4, 0.5) is 0 Å². The van der Waals surface area contributed by atoms with Gasteiger partial charge in [0.1, 0.15) is 10.3 Å². The lowest BCUT2D eigenvalue weighted by molar-refractivity contribution is -0.153. The van der Waals surface area contributed by atoms with Crippen molar-refractivity contribution in [2.75, 3.05) is 0 Å². The summed E-state index contributed by atoms with van der Waals surface area (Å²) in [4.78, 5) is 12.2. The maximum Gasteiger partial charge on any atom is 0.326 e. The van der Waals surface area contributed by atoms with Crippen LogP contribution in [-0.2, 0) is 9.53 Å². The molecule has 0 aromatic heterocycles. The summed E-state index contributed by atoms with van der Waals surface area (Å²) in [6.07, 6.45) is 6.26. The van der Waals surface area contributed by atoms with Crippen LogP contribution < -0.4 is 0 Å². The smallest absolute Gasteiger partial charge is 0.326 e. The third-order valence-electron chi connectivity index (χ3n) is 3.80. The SMILES string of the molecule is CC(C)(C)C1OC(=O)C(C)(C2(O)C=CCCC2)S1. The third kappa shape index (κ3) is 2.10. The molecule has 1 aliphatic heterocycles. The summed E-state index contributed by atoms with van der Waals surface area (Å²) < 4.78 is 4.60. The van der Waals surface area contributed by atoms with Gasteiger partial charge >= 0.3 is 5.97 Å². The molecule has 3 nitrogen and oxygen atoms in total. The van der Waals surface area contributed by atoms with Crippen molar-refractivity contribution in [3.63, 3.8) is 0 Å². The van der Waals surface area contributed by atoms with Gasteiger partial charge in [-0.3, -0.25) is 4.79 Å². The minimum absolute atomic E-state index is 0.118. The summed E-state index contributed by atoms with van der Waals surface area (Å²) in [7, 11) is 0. The number of hydrogen-bond acceptors (Lipinski definition) is 4. The zero-order valence-corrected chi connectivity index (χ0v) is 12.3. The number of thioether (sulfide) groups is 1. The first kappa shape index (κ1) is 13.9. The van der Waals surface area contributed by atoms with Gasteiger partial charge in [-0.25, -0.2) is 0 Å². The molecule has 0 amide bonds. The van der Waals surface area contributed by atoms with Gasteiger partial charge in [0.05, 0.1) is 0 Å². The Morgan fingerprint density at radius 1 is 1.50 bits per heavy atom. The molecule has 0 aromatic carbocycles. The quantitative estimate of drug-likeness (QED) is 0.588. The van der Waals surface area contributed by atoms with Crippen molar-refractivity contribution in [1.82, 2.24) is 0 Å². The largest absolute Gasteiger partial charge is 0.450 e. The second kappa shape index (κ2) is 4.27. The van der Waals surface area contributed by atoms with E-state index in [2.05, 4.69) is 0 Å². The van der Waals surface area contributed by atoms with Crippen LogP contribution in [0.25, 0.3) is 0 Å². The summed E-state index contributed by atoms with van der Waals surface area (Å²) in [5, 5.41) is 10.8. The van der Waals surface area contributed by atoms with E-state index in [0.29, 0.717) is 6.42 Å². The van der Waals surface area contributed by atoms with E-state index in [0.717, 1.165) is 12.8 Å². The van der Waals surface area contributed by atoms with Crippen LogP contribution >= 0.6 is 11.8 Å². The molecule has 102 valence electrons. The van der Waals surface area contributed by atoms with Crippen LogP contribution in [0.2, 0.25) is 0 Å². The highest BCUT2D eigenvalue weighted by molar-refractivity contribution is 8.02. The topological polar surface area (TPSA) is 46.5 Å². The number of hydrogen-bond donors (Lipinski definition) is 1. The van der Waals surface area contributed by atoms with E-state index in [-0.39, 0.29) is 16.8 Å². The summed E-state index contributed by atoms with van der Waals surface area (Å²) in [5.41, 5.74) is -1.39. The highest BCUT2D eigenvalue weighted by atomic mass is 32.2. The fraction of sp³-hybridized carbons (Fsp3) is 0.786. The number of carbonyl (C=O) groups is 1. The molecule has 1 saturated heterocycles. The van der Waals surface area contributed by atoms with Crippen molar-refractivity contribution in [2.24, 2.45) is 5.41 Å². The van der Waals surface area contributed by atoms with Crippen LogP contribution in [-0.4, -0.2) is 26.9 Å². The average Bonchev–Trinajstić information content (AvgIpc) is 2.58. The lowest BCUT2D eigenvalue weighted by atomic mass is 9.80. The average molecular weight is 270 g/mol. The molecule has 3 atom stereocenters. The molecule has 1 N–H and O–H groups in total. The number of cyclic esters (lactones) is 1. The van der Waals surface area contributed by atoms with Crippen LogP contribution in [0, 0.1) is 5.41 Å². The Morgan fingerprint density at radius 2 is 2.17 bits per heavy atom. The molecule has 0 aromatic rings. The molecule has 0 spiro atoms. The Hall–Kier alpha value is -0.480. The summed E-state index contributed by atoms with van der Waals surface area (Å²) in [6, 6.07) is 0. The van der Waals surface area contributed by atoms with Gasteiger partial charge in [-0.15, -0.1) is 0 Å². The number of allylic oxidation sites excluding steroid dienone is 1. The molecule has 1 heterocycles. The zero-order chi connectivity index (χ0) is 13.6. The Bertz CT molecular complexity index is 385. The van der Waals surface area contributed by atoms with Crippen molar-refractivity contribution in [1.29, 1.82) is 0 Å². The van der Waals surface area contributed by atoms with Crippen molar-refractivity contribution >= 4 is 17.7 Å². The molecule has 18 heavy (non-hydrogen) atoms. The molecule has 4 heteroatoms. The first-order chi connectivity index (χ1) is 8.19. The van der Waals surface area contributed by atoms with Crippen LogP contribution in [0.15, 0.2) is 12.2 Å². The number of aliphatic hydroxyl groups is 1. The summed E-state index contributed by atoms with van der Waals surface area (Å²) >= 11 is 1.46. The number of esters is 1. The predicted octanol–water partition coefficient (Wildman–Crippen LogP) is 2.88. The van der Waals surface area contributed by atoms with Crippen LogP contribution in [0.3, 0.4) is 0 Å². The van der Waals surface area contributed by atoms with Gasteiger partial charge in [0.2, 0.25) is 0 Å². The molecular formula is C14H22O3S. The van der Waals surface area contributed by atoms with Gasteiger partial charge in [-0.2, -0.15) is 0 Å². The predicted molar refractivity (Wildman–Crippen MR) is 73.3 cm³/mol. The van der Waals surface area contributed by atoms with Crippen LogP contribution in [0.5, 0.6) is 0 Å². The van der Waals surface area contributed by atoms with Crippen molar-refractivity contribution < 1.29 is 14.6 Å². The first-order valence-electron chi connectivity index (χ1n) is 6.48. The van der Waals surface area contributed by atoms with Gasteiger partial charge in [-0.05, 0) is 26.2 Å². The molecule has 2 aliphatic rings. The summed E-state index contributed by atoms with van der Waals surface area (Å²) in [6.45, 7) is 7.95. The second-order valence-corrected chi connectivity index (χ2v) is 7.95. The van der Waals surface area contributed by atoms with E-state index in [9.17, 15) is 9.90 Å². The van der Waals surface area contributed by atoms with Crippen molar-refractivity contribution in [3.8, 4) is 0 Å². The lowest BCUT2D eigenvalue weighted by Crippen LogP contribution is -2.52. The highest BCUT2D eigenvalue weighted by Crippen LogP contribution is 2.53. The third-order valence-corrected chi connectivity index (χ3v) is 5.81. The molecule has 2 rings (SSSR count). The molecule has 0 saturated carbocycles. The first-order valence-corrected chi connectivity index (χ1v) is 7.36. The van der Waals surface area contributed by atoms with Crippen LogP contribution in [0.1, 0.15) is 47.0 Å². The van der Waals surface area contributed by atoms with Gasteiger partial charge in [0, 0.05) is 5.41 Å². The van der Waals surface area contributed by atoms with Crippen molar-refractivity contribution in [3.05, 3.63) is 12.2 Å². The monoisotopic (exact) mass is 270 g/mol. The van der Waals surface area contributed by atoms with Gasteiger partial charge < -0.3 is 9.84 Å². The molecule has 1 aliphatic carbocycles. The van der Waals surface area contributed by atoms with Gasteiger partial charge in [0.15, 0.2) is 5.44 Å².